The third kappa shape index (κ3) is 3.42. The van der Waals surface area contributed by atoms with Gasteiger partial charge in [-0.15, -0.1) is 5.10 Å². The van der Waals surface area contributed by atoms with Gasteiger partial charge >= 0.3 is 0 Å². The maximum absolute atomic E-state index is 10.3. The van der Waals surface area contributed by atoms with Crippen LogP contribution in [0.15, 0.2) is 52.7 Å². The van der Waals surface area contributed by atoms with Crippen LogP contribution >= 0.6 is 0 Å². The second-order valence-electron chi connectivity index (χ2n) is 4.93. The molecule has 3 N–H and O–H groups in total. The third-order valence-electron chi connectivity index (χ3n) is 2.96. The highest BCUT2D eigenvalue weighted by Gasteiger charge is 2.12. The molecular formula is C16H19N3O. The Morgan fingerprint density at radius 1 is 1.10 bits per heavy atom. The van der Waals surface area contributed by atoms with Gasteiger partial charge in [0.15, 0.2) is 0 Å². The predicted octanol–water partition coefficient (Wildman–Crippen LogP) is 3.02. The molecule has 0 aliphatic rings. The van der Waals surface area contributed by atoms with Crippen LogP contribution in [0.1, 0.15) is 31.9 Å². The molecule has 1 atom stereocenters. The molecule has 0 radical (unpaired) electrons. The van der Waals surface area contributed by atoms with Gasteiger partial charge in [0.1, 0.15) is 5.84 Å². The van der Waals surface area contributed by atoms with Crippen molar-refractivity contribution < 1.29 is 5.11 Å². The minimum Gasteiger partial charge on any atom is -0.388 e. The Hall–Kier alpha value is -2.20. The SMILES string of the molecule is CC(C)=N/N=C(\N)CC(O)c1cccc2ccccc12. The van der Waals surface area contributed by atoms with E-state index in [-0.39, 0.29) is 6.42 Å². The lowest BCUT2D eigenvalue weighted by molar-refractivity contribution is 0.187. The minimum absolute atomic E-state index is 0.269. The molecule has 0 aromatic heterocycles. The summed E-state index contributed by atoms with van der Waals surface area (Å²) in [6.07, 6.45) is -0.414. The van der Waals surface area contributed by atoms with Crippen molar-refractivity contribution in [2.75, 3.05) is 0 Å². The second kappa shape index (κ2) is 6.30. The van der Waals surface area contributed by atoms with Gasteiger partial charge in [-0.05, 0) is 30.2 Å². The number of aliphatic hydroxyl groups excluding tert-OH is 1. The number of aliphatic hydroxyl groups is 1. The van der Waals surface area contributed by atoms with E-state index in [2.05, 4.69) is 10.2 Å². The van der Waals surface area contributed by atoms with Gasteiger partial charge in [0.2, 0.25) is 0 Å². The molecule has 0 spiro atoms. The largest absolute Gasteiger partial charge is 0.388 e. The fourth-order valence-electron chi connectivity index (χ4n) is 2.05. The highest BCUT2D eigenvalue weighted by molar-refractivity contribution is 5.88. The van der Waals surface area contributed by atoms with Gasteiger partial charge in [0.05, 0.1) is 6.10 Å². The van der Waals surface area contributed by atoms with Crippen LogP contribution in [-0.2, 0) is 0 Å². The Morgan fingerprint density at radius 3 is 2.55 bits per heavy atom. The highest BCUT2D eigenvalue weighted by atomic mass is 16.3. The molecule has 0 amide bonds. The molecule has 104 valence electrons. The smallest absolute Gasteiger partial charge is 0.125 e. The van der Waals surface area contributed by atoms with Crippen LogP contribution in [0, 0.1) is 0 Å². The summed E-state index contributed by atoms with van der Waals surface area (Å²) in [7, 11) is 0. The lowest BCUT2D eigenvalue weighted by Gasteiger charge is -2.13. The van der Waals surface area contributed by atoms with E-state index in [1.165, 1.54) is 0 Å². The van der Waals surface area contributed by atoms with Gasteiger partial charge in [0.25, 0.3) is 0 Å². The third-order valence-corrected chi connectivity index (χ3v) is 2.96. The standard InChI is InChI=1S/C16H19N3O/c1-11(2)18-19-16(17)10-15(20)14-9-5-7-12-6-3-4-8-13(12)14/h3-9,15,20H,10H2,1-2H3,(H2,17,19). The molecule has 0 aliphatic carbocycles. The molecule has 1 unspecified atom stereocenters. The number of amidine groups is 1. The van der Waals surface area contributed by atoms with Crippen LogP contribution in [0.4, 0.5) is 0 Å². The molecule has 4 nitrogen and oxygen atoms in total. The zero-order chi connectivity index (χ0) is 14.5. The summed E-state index contributed by atoms with van der Waals surface area (Å²) in [6.45, 7) is 3.69. The quantitative estimate of drug-likeness (QED) is 0.509. The number of hydrogen-bond acceptors (Lipinski definition) is 3. The maximum atomic E-state index is 10.3. The van der Waals surface area contributed by atoms with Gasteiger partial charge in [-0.3, -0.25) is 0 Å². The monoisotopic (exact) mass is 269 g/mol. The summed E-state index contributed by atoms with van der Waals surface area (Å²) in [6, 6.07) is 13.8. The average Bonchev–Trinajstić information content (AvgIpc) is 2.44. The summed E-state index contributed by atoms with van der Waals surface area (Å²) in [5, 5.41) is 20.3. The van der Waals surface area contributed by atoms with E-state index in [9.17, 15) is 5.11 Å². The van der Waals surface area contributed by atoms with Crippen LogP contribution in [0.5, 0.6) is 0 Å². The van der Waals surface area contributed by atoms with E-state index >= 15 is 0 Å². The van der Waals surface area contributed by atoms with Gasteiger partial charge in [-0.25, -0.2) is 0 Å². The van der Waals surface area contributed by atoms with E-state index in [1.54, 1.807) is 0 Å². The first-order valence-corrected chi connectivity index (χ1v) is 6.57. The highest BCUT2D eigenvalue weighted by Crippen LogP contribution is 2.26. The molecule has 0 saturated heterocycles. The average molecular weight is 269 g/mol. The number of nitrogens with zero attached hydrogens (tertiary/aromatic N) is 2. The lowest BCUT2D eigenvalue weighted by Crippen LogP contribution is -2.16. The molecule has 4 heteroatoms. The van der Waals surface area contributed by atoms with Crippen molar-refractivity contribution in [3.05, 3.63) is 48.0 Å². The molecule has 0 fully saturated rings. The molecular weight excluding hydrogens is 250 g/mol. The van der Waals surface area contributed by atoms with E-state index < -0.39 is 6.10 Å². The second-order valence-corrected chi connectivity index (χ2v) is 4.93. The van der Waals surface area contributed by atoms with Crippen molar-refractivity contribution in [1.82, 2.24) is 0 Å². The molecule has 2 rings (SSSR count). The maximum Gasteiger partial charge on any atom is 0.125 e. The molecule has 2 aromatic rings. The predicted molar refractivity (Wildman–Crippen MR) is 83.9 cm³/mol. The summed E-state index contributed by atoms with van der Waals surface area (Å²) in [4.78, 5) is 0. The normalized spacial score (nSPS) is 13.2. The minimum atomic E-state index is -0.683. The van der Waals surface area contributed by atoms with E-state index in [0.717, 1.165) is 22.0 Å². The van der Waals surface area contributed by atoms with Crippen molar-refractivity contribution >= 4 is 22.3 Å². The van der Waals surface area contributed by atoms with E-state index in [4.69, 9.17) is 5.73 Å². The van der Waals surface area contributed by atoms with Crippen LogP contribution in [0.25, 0.3) is 10.8 Å². The molecule has 0 heterocycles. The number of nitrogens with two attached hydrogens (primary N) is 1. The van der Waals surface area contributed by atoms with Crippen molar-refractivity contribution in [3.8, 4) is 0 Å². The van der Waals surface area contributed by atoms with Crippen molar-refractivity contribution in [2.24, 2.45) is 15.9 Å². The van der Waals surface area contributed by atoms with E-state index in [1.807, 2.05) is 56.3 Å². The first kappa shape index (κ1) is 14.2. The Balaban J connectivity index is 2.26. The van der Waals surface area contributed by atoms with Gasteiger partial charge < -0.3 is 10.8 Å². The summed E-state index contributed by atoms with van der Waals surface area (Å²) in [5.41, 5.74) is 7.47. The zero-order valence-electron chi connectivity index (χ0n) is 11.7. The van der Waals surface area contributed by atoms with Crippen molar-refractivity contribution in [3.63, 3.8) is 0 Å². The Bertz CT molecular complexity index is 652. The number of hydrogen-bond donors (Lipinski definition) is 2. The van der Waals surface area contributed by atoms with Gasteiger partial charge in [0, 0.05) is 12.1 Å². The lowest BCUT2D eigenvalue weighted by atomic mass is 9.98. The zero-order valence-corrected chi connectivity index (χ0v) is 11.7. The molecule has 2 aromatic carbocycles. The van der Waals surface area contributed by atoms with Crippen LogP contribution < -0.4 is 5.73 Å². The van der Waals surface area contributed by atoms with Gasteiger partial charge in [-0.1, -0.05) is 42.5 Å². The molecule has 20 heavy (non-hydrogen) atoms. The van der Waals surface area contributed by atoms with Crippen molar-refractivity contribution in [1.29, 1.82) is 0 Å². The Labute approximate surface area is 118 Å². The van der Waals surface area contributed by atoms with E-state index in [0.29, 0.717) is 5.84 Å². The van der Waals surface area contributed by atoms with Crippen LogP contribution in [0.2, 0.25) is 0 Å². The first-order chi connectivity index (χ1) is 9.58. The summed E-state index contributed by atoms with van der Waals surface area (Å²) in [5.74, 6) is 0.326. The molecule has 0 aliphatic heterocycles. The first-order valence-electron chi connectivity index (χ1n) is 6.57. The fraction of sp³-hybridized carbons (Fsp3) is 0.250. The van der Waals surface area contributed by atoms with Crippen LogP contribution in [0.3, 0.4) is 0 Å². The summed E-state index contributed by atoms with van der Waals surface area (Å²) < 4.78 is 0. The molecule has 0 bridgehead atoms. The van der Waals surface area contributed by atoms with Crippen LogP contribution in [-0.4, -0.2) is 16.7 Å². The molecule has 0 saturated carbocycles. The topological polar surface area (TPSA) is 71.0 Å². The summed E-state index contributed by atoms with van der Waals surface area (Å²) >= 11 is 0. The van der Waals surface area contributed by atoms with Crippen molar-refractivity contribution in [2.45, 2.75) is 26.4 Å². The number of benzene rings is 2. The Morgan fingerprint density at radius 2 is 1.80 bits per heavy atom. The number of fused-ring (bicyclic) bond motifs is 1. The number of rotatable bonds is 4. The fourth-order valence-corrected chi connectivity index (χ4v) is 2.05. The Kier molecular flexibility index (Phi) is 4.48. The van der Waals surface area contributed by atoms with Gasteiger partial charge in [-0.2, -0.15) is 5.10 Å².